The maximum atomic E-state index is 14.8. The van der Waals surface area contributed by atoms with Crippen molar-refractivity contribution in [1.29, 1.82) is 0 Å². The quantitative estimate of drug-likeness (QED) is 0.241. The van der Waals surface area contributed by atoms with Gasteiger partial charge in [-0.3, -0.25) is 14.8 Å². The Labute approximate surface area is 380 Å². The van der Waals surface area contributed by atoms with Gasteiger partial charge in [0.25, 0.3) is 0 Å². The molecule has 13 rings (SSSR count). The van der Waals surface area contributed by atoms with E-state index in [1.54, 1.807) is 0 Å². The number of carbonyl (C=O) groups excluding carboxylic acids is 1. The number of aliphatic hydroxyl groups is 3. The summed E-state index contributed by atoms with van der Waals surface area (Å²) in [6.45, 7) is 20.0. The third-order valence-corrected chi connectivity index (χ3v) is 23.4. The predicted octanol–water partition coefficient (Wildman–Crippen LogP) is 7.64. The van der Waals surface area contributed by atoms with E-state index in [0.717, 1.165) is 89.2 Å². The molecule has 10 nitrogen and oxygen atoms in total. The fourth-order valence-corrected chi connectivity index (χ4v) is 20.0. The van der Waals surface area contributed by atoms with Crippen molar-refractivity contribution in [3.05, 3.63) is 34.4 Å². The first kappa shape index (κ1) is 42.3. The first-order chi connectivity index (χ1) is 30.1. The van der Waals surface area contributed by atoms with Crippen LogP contribution in [0.25, 0.3) is 0 Å². The van der Waals surface area contributed by atoms with Gasteiger partial charge in [0, 0.05) is 48.3 Å². The number of aromatic nitrogens is 2. The molecule has 3 N–H and O–H groups in total. The van der Waals surface area contributed by atoms with E-state index in [9.17, 15) is 20.1 Å². The Kier molecular flexibility index (Phi) is 8.40. The van der Waals surface area contributed by atoms with Crippen LogP contribution >= 0.6 is 0 Å². The highest BCUT2D eigenvalue weighted by atomic mass is 16.7. The number of ether oxygens (including phenoxy) is 4. The normalized spacial score (nSPS) is 58.1. The van der Waals surface area contributed by atoms with E-state index < -0.39 is 34.3 Å². The monoisotopic (exact) mass is 881 g/mol. The molecule has 0 aromatic carbocycles. The minimum atomic E-state index is -1.16. The lowest BCUT2D eigenvalue weighted by atomic mass is 9.45. The number of ketones is 1. The summed E-state index contributed by atoms with van der Waals surface area (Å²) >= 11 is 0. The molecular weight excluding hydrogens is 805 g/mol. The number of hydrogen-bond acceptors (Lipinski definition) is 10. The Balaban J connectivity index is 0.761. The Morgan fingerprint density at radius 2 is 1.34 bits per heavy atom. The molecule has 10 heteroatoms. The molecule has 0 amide bonds. The van der Waals surface area contributed by atoms with E-state index in [4.69, 9.17) is 28.9 Å². The SMILES string of the molecule is CC1C2C(C=C3C4CCC5Cc6nc7c(nc6CC5(C)C4CC(O)C32C)CC2CCC3C(CC(=O)C34CC3OC5(CCC(C)(C)O5)C(C)C3C4(C)O)C2(C)C7)OC12CCC(C)(CO)O2. The summed E-state index contributed by atoms with van der Waals surface area (Å²) in [4.78, 5) is 26.0. The molecule has 21 atom stereocenters. The number of rotatable bonds is 1. The molecule has 5 heterocycles. The molecule has 0 radical (unpaired) electrons. The lowest BCUT2D eigenvalue weighted by molar-refractivity contribution is -0.257. The Morgan fingerprint density at radius 3 is 1.97 bits per heavy atom. The van der Waals surface area contributed by atoms with Gasteiger partial charge in [0.15, 0.2) is 11.6 Å². The molecule has 4 saturated heterocycles. The van der Waals surface area contributed by atoms with Crippen LogP contribution < -0.4 is 0 Å². The van der Waals surface area contributed by atoms with Gasteiger partial charge >= 0.3 is 0 Å². The van der Waals surface area contributed by atoms with Crippen molar-refractivity contribution < 1.29 is 39.1 Å². The summed E-state index contributed by atoms with van der Waals surface area (Å²) in [5.41, 5.74) is 2.94. The number of carbonyl (C=O) groups is 1. The zero-order valence-corrected chi connectivity index (χ0v) is 40.2. The molecule has 8 aliphatic carbocycles. The summed E-state index contributed by atoms with van der Waals surface area (Å²) in [6.07, 6.45) is 14.9. The fraction of sp³-hybridized carbons (Fsp3) is 0.870. The summed E-state index contributed by atoms with van der Waals surface area (Å²) < 4.78 is 27.1. The van der Waals surface area contributed by atoms with E-state index in [2.05, 4.69) is 54.5 Å². The van der Waals surface area contributed by atoms with Gasteiger partial charge in [0.1, 0.15) is 5.78 Å². The largest absolute Gasteiger partial charge is 0.393 e. The number of aliphatic hydroxyl groups excluding tert-OH is 2. The van der Waals surface area contributed by atoms with Crippen LogP contribution in [0.15, 0.2) is 11.6 Å². The molecule has 5 saturated carbocycles. The van der Waals surface area contributed by atoms with Crippen molar-refractivity contribution in [2.45, 2.75) is 205 Å². The fourth-order valence-electron chi connectivity index (χ4n) is 20.0. The lowest BCUT2D eigenvalue weighted by Crippen LogP contribution is -2.58. The maximum Gasteiger partial charge on any atom is 0.172 e. The highest BCUT2D eigenvalue weighted by Gasteiger charge is 2.79. The minimum absolute atomic E-state index is 0.0113. The van der Waals surface area contributed by atoms with Crippen LogP contribution in [0, 0.1) is 80.8 Å². The molecule has 12 aliphatic rings. The number of hydrogen-bond donors (Lipinski definition) is 3. The van der Waals surface area contributed by atoms with Gasteiger partial charge in [-0.1, -0.05) is 46.3 Å². The number of fused-ring (bicyclic) bond motifs is 14. The van der Waals surface area contributed by atoms with E-state index in [-0.39, 0.29) is 82.0 Å². The van der Waals surface area contributed by atoms with Gasteiger partial charge in [-0.05, 0) is 151 Å². The topological polar surface area (TPSA) is 140 Å². The smallest absolute Gasteiger partial charge is 0.172 e. The van der Waals surface area contributed by atoms with E-state index in [1.807, 2.05) is 13.8 Å². The van der Waals surface area contributed by atoms with Crippen molar-refractivity contribution in [2.24, 2.45) is 80.8 Å². The van der Waals surface area contributed by atoms with Gasteiger partial charge in [0.2, 0.25) is 0 Å². The van der Waals surface area contributed by atoms with Crippen LogP contribution in [0.5, 0.6) is 0 Å². The molecule has 1 aromatic heterocycles. The van der Waals surface area contributed by atoms with Crippen molar-refractivity contribution in [1.82, 2.24) is 9.97 Å². The van der Waals surface area contributed by atoms with Crippen molar-refractivity contribution in [3.8, 4) is 0 Å². The van der Waals surface area contributed by atoms with E-state index in [0.29, 0.717) is 36.5 Å². The molecule has 9 fully saturated rings. The lowest BCUT2D eigenvalue weighted by Gasteiger charge is -2.60. The average molecular weight is 881 g/mol. The minimum Gasteiger partial charge on any atom is -0.393 e. The summed E-state index contributed by atoms with van der Waals surface area (Å²) in [5.74, 6) is 1.08. The van der Waals surface area contributed by atoms with Crippen molar-refractivity contribution in [2.75, 3.05) is 6.61 Å². The highest BCUT2D eigenvalue weighted by Crippen LogP contribution is 2.74. The second-order valence-corrected chi connectivity index (χ2v) is 26.4. The second-order valence-electron chi connectivity index (χ2n) is 26.4. The maximum absolute atomic E-state index is 14.8. The van der Waals surface area contributed by atoms with Crippen molar-refractivity contribution in [3.63, 3.8) is 0 Å². The van der Waals surface area contributed by atoms with Gasteiger partial charge < -0.3 is 34.3 Å². The molecule has 3 spiro atoms. The zero-order chi connectivity index (χ0) is 44.7. The van der Waals surface area contributed by atoms with Crippen LogP contribution in [0.3, 0.4) is 0 Å². The van der Waals surface area contributed by atoms with Crippen LogP contribution in [0.1, 0.15) is 156 Å². The standard InChI is InChI=1S/C54H76N2O8/c1-27-44-40(61-54(27)17-15-47(5,26-57)64-54)20-34-31-12-10-29-18-36-38(23-48(29,6)33(31)21-42(58)50(34,44)8)55-37-19-30-11-13-32-35(49(30,7)24-39(37)56-36)22-43(59)52(32)25-41-45(51(52,9)60)28(2)53(62-41)16-14-46(3,4)63-53/h20,27-33,35,40-42,44-45,57-58,60H,10-19,21-26H2,1-9H3. The Morgan fingerprint density at radius 1 is 0.719 bits per heavy atom. The molecular formula is C54H76N2O8. The van der Waals surface area contributed by atoms with Crippen molar-refractivity contribution >= 4 is 5.78 Å². The Bertz CT molecular complexity index is 2260. The van der Waals surface area contributed by atoms with Crippen LogP contribution in [0.2, 0.25) is 0 Å². The average Bonchev–Trinajstić information content (AvgIpc) is 4.06. The van der Waals surface area contributed by atoms with E-state index >= 15 is 0 Å². The van der Waals surface area contributed by atoms with Gasteiger partial charge in [-0.25, -0.2) is 0 Å². The van der Waals surface area contributed by atoms with E-state index in [1.165, 1.54) is 22.7 Å². The third-order valence-electron chi connectivity index (χ3n) is 23.4. The molecule has 21 unspecified atom stereocenters. The molecule has 350 valence electrons. The van der Waals surface area contributed by atoms with Crippen LogP contribution in [-0.4, -0.2) is 84.4 Å². The number of Topliss-reactive ketones (excluding diaryl/α,β-unsaturated/α-hetero) is 1. The highest BCUT2D eigenvalue weighted by molar-refractivity contribution is 5.90. The molecule has 1 aromatic rings. The van der Waals surface area contributed by atoms with Gasteiger partial charge in [-0.2, -0.15) is 0 Å². The van der Waals surface area contributed by atoms with Crippen LogP contribution in [0.4, 0.5) is 0 Å². The zero-order valence-electron chi connectivity index (χ0n) is 40.2. The Hall–Kier alpha value is -1.79. The second kappa shape index (κ2) is 12.7. The number of nitrogens with zero attached hydrogens (tertiary/aromatic N) is 2. The molecule has 4 aliphatic heterocycles. The first-order valence-corrected chi connectivity index (χ1v) is 26.0. The summed E-state index contributed by atoms with van der Waals surface area (Å²) in [7, 11) is 0. The first-order valence-electron chi connectivity index (χ1n) is 26.0. The molecule has 0 bridgehead atoms. The third kappa shape index (κ3) is 4.92. The molecule has 64 heavy (non-hydrogen) atoms. The summed E-state index contributed by atoms with van der Waals surface area (Å²) in [6, 6.07) is 0. The van der Waals surface area contributed by atoms with Gasteiger partial charge in [0.05, 0.1) is 69.9 Å². The van der Waals surface area contributed by atoms with Crippen LogP contribution in [-0.2, 0) is 49.4 Å². The predicted molar refractivity (Wildman–Crippen MR) is 237 cm³/mol. The van der Waals surface area contributed by atoms with Gasteiger partial charge in [-0.15, -0.1) is 0 Å². The summed E-state index contributed by atoms with van der Waals surface area (Å²) in [5, 5.41) is 35.5.